The van der Waals surface area contributed by atoms with Gasteiger partial charge in [-0.1, -0.05) is 19.9 Å². The number of anilines is 1. The Morgan fingerprint density at radius 2 is 2.00 bits per heavy atom. The second kappa shape index (κ2) is 6.88. The van der Waals surface area contributed by atoms with E-state index in [1.54, 1.807) is 0 Å². The Labute approximate surface area is 118 Å². The van der Waals surface area contributed by atoms with Crippen LogP contribution in [0.1, 0.15) is 44.0 Å². The maximum absolute atomic E-state index is 12.1. The summed E-state index contributed by atoms with van der Waals surface area (Å²) in [6, 6.07) is 4.33. The molecule has 0 aromatic heterocycles. The average Bonchev–Trinajstić information content (AvgIpc) is 2.35. The number of hydrogen-bond acceptors (Lipinski definition) is 4. The van der Waals surface area contributed by atoms with E-state index in [4.69, 9.17) is 5.73 Å². The van der Waals surface area contributed by atoms with E-state index in [1.807, 2.05) is 6.92 Å². The highest BCUT2D eigenvalue weighted by Crippen LogP contribution is 2.25. The summed E-state index contributed by atoms with van der Waals surface area (Å²) in [5, 5.41) is 13.8. The van der Waals surface area contributed by atoms with Crippen LogP contribution in [0.25, 0.3) is 0 Å². The summed E-state index contributed by atoms with van der Waals surface area (Å²) in [5.41, 5.74) is 5.24. The van der Waals surface area contributed by atoms with Gasteiger partial charge in [0.25, 0.3) is 5.91 Å². The Hall–Kier alpha value is -2.11. The highest BCUT2D eigenvalue weighted by Gasteiger charge is 2.23. The third-order valence-electron chi connectivity index (χ3n) is 3.05. The minimum absolute atomic E-state index is 0.00233. The van der Waals surface area contributed by atoms with E-state index in [9.17, 15) is 14.9 Å². The van der Waals surface area contributed by atoms with Gasteiger partial charge in [-0.2, -0.15) is 0 Å². The highest BCUT2D eigenvalue weighted by atomic mass is 16.6. The number of amides is 1. The van der Waals surface area contributed by atoms with Gasteiger partial charge < -0.3 is 11.1 Å². The molecule has 1 atom stereocenters. The number of nitrogens with zero attached hydrogens (tertiary/aromatic N) is 1. The molecule has 110 valence electrons. The molecule has 20 heavy (non-hydrogen) atoms. The first-order chi connectivity index (χ1) is 9.32. The van der Waals surface area contributed by atoms with Crippen molar-refractivity contribution in [1.29, 1.82) is 0 Å². The molecule has 0 aliphatic heterocycles. The Morgan fingerprint density at radius 3 is 2.55 bits per heavy atom. The van der Waals surface area contributed by atoms with E-state index in [-0.39, 0.29) is 23.0 Å². The number of nitrogens with two attached hydrogens (primary N) is 1. The van der Waals surface area contributed by atoms with Gasteiger partial charge in [0.15, 0.2) is 0 Å². The zero-order valence-electron chi connectivity index (χ0n) is 12.1. The lowest BCUT2D eigenvalue weighted by atomic mass is 10.0. The second-order valence-corrected chi connectivity index (χ2v) is 5.35. The molecule has 6 heteroatoms. The molecule has 0 spiro atoms. The fraction of sp³-hybridized carbons (Fsp3) is 0.500. The summed E-state index contributed by atoms with van der Waals surface area (Å²) in [5.74, 6) is 0.0938. The van der Waals surface area contributed by atoms with Gasteiger partial charge in [0.2, 0.25) is 0 Å². The minimum atomic E-state index is -0.622. The smallest absolute Gasteiger partial charge is 0.304 e. The number of para-hydroxylation sites is 1. The molecular weight excluding hydrogens is 258 g/mol. The van der Waals surface area contributed by atoms with Crippen molar-refractivity contribution in [3.8, 4) is 0 Å². The number of carbonyl (C=O) groups excluding carboxylic acids is 1. The van der Waals surface area contributed by atoms with Crippen LogP contribution in [0.15, 0.2) is 18.2 Å². The van der Waals surface area contributed by atoms with Crippen molar-refractivity contribution >= 4 is 17.3 Å². The molecular formula is C14H21N3O3. The topological polar surface area (TPSA) is 98.3 Å². The molecule has 1 amide bonds. The van der Waals surface area contributed by atoms with Crippen LogP contribution in [0, 0.1) is 16.0 Å². The molecule has 1 aromatic carbocycles. The molecule has 0 saturated carbocycles. The van der Waals surface area contributed by atoms with Gasteiger partial charge in [-0.25, -0.2) is 0 Å². The largest absolute Gasteiger partial charge is 0.393 e. The molecule has 1 aromatic rings. The first-order valence-corrected chi connectivity index (χ1v) is 6.66. The molecule has 0 aliphatic rings. The van der Waals surface area contributed by atoms with Crippen molar-refractivity contribution in [3.05, 3.63) is 33.9 Å². The number of nitrogen functional groups attached to an aromatic ring is 1. The van der Waals surface area contributed by atoms with Gasteiger partial charge in [0.05, 0.1) is 4.92 Å². The number of nitrogens with one attached hydrogen (secondary N) is 1. The van der Waals surface area contributed by atoms with Crippen LogP contribution in [-0.4, -0.2) is 16.9 Å². The predicted molar refractivity (Wildman–Crippen MR) is 78.5 cm³/mol. The molecule has 0 heterocycles. The first kappa shape index (κ1) is 15.9. The van der Waals surface area contributed by atoms with E-state index in [2.05, 4.69) is 19.2 Å². The monoisotopic (exact) mass is 279 g/mol. The standard InChI is InChI=1S/C14H21N3O3/c1-9(2)7-8-10(3)16-14(18)11-5-4-6-12(15)13(11)17(19)20/h4-6,9-10H,7-8,15H2,1-3H3,(H,16,18). The number of nitro benzene ring substituents is 1. The van der Waals surface area contributed by atoms with Crippen molar-refractivity contribution in [1.82, 2.24) is 5.32 Å². The molecule has 0 bridgehead atoms. The fourth-order valence-electron chi connectivity index (χ4n) is 1.91. The van der Waals surface area contributed by atoms with Crippen molar-refractivity contribution < 1.29 is 9.72 Å². The van der Waals surface area contributed by atoms with Gasteiger partial charge >= 0.3 is 5.69 Å². The van der Waals surface area contributed by atoms with Gasteiger partial charge in [0.1, 0.15) is 11.3 Å². The molecule has 0 radical (unpaired) electrons. The lowest BCUT2D eigenvalue weighted by Gasteiger charge is -2.15. The molecule has 6 nitrogen and oxygen atoms in total. The Balaban J connectivity index is 2.83. The molecule has 0 saturated heterocycles. The SMILES string of the molecule is CC(C)CCC(C)NC(=O)c1cccc(N)c1[N+](=O)[O-]. The Morgan fingerprint density at radius 1 is 1.35 bits per heavy atom. The van der Waals surface area contributed by atoms with Gasteiger partial charge in [-0.15, -0.1) is 0 Å². The van der Waals surface area contributed by atoms with E-state index >= 15 is 0 Å². The number of carbonyl (C=O) groups is 1. The van der Waals surface area contributed by atoms with Crippen molar-refractivity contribution in [2.45, 2.75) is 39.7 Å². The third-order valence-corrected chi connectivity index (χ3v) is 3.05. The normalized spacial score (nSPS) is 12.2. The van der Waals surface area contributed by atoms with Crippen LogP contribution in [0.4, 0.5) is 11.4 Å². The molecule has 1 unspecified atom stereocenters. The lowest BCUT2D eigenvalue weighted by Crippen LogP contribution is -2.33. The zero-order chi connectivity index (χ0) is 15.3. The van der Waals surface area contributed by atoms with Crippen LogP contribution in [-0.2, 0) is 0 Å². The van der Waals surface area contributed by atoms with Crippen LogP contribution in [0.2, 0.25) is 0 Å². The Bertz CT molecular complexity index is 500. The summed E-state index contributed by atoms with van der Waals surface area (Å²) >= 11 is 0. The Kier molecular flexibility index (Phi) is 5.49. The van der Waals surface area contributed by atoms with Crippen LogP contribution in [0.5, 0.6) is 0 Å². The van der Waals surface area contributed by atoms with Crippen molar-refractivity contribution in [3.63, 3.8) is 0 Å². The quantitative estimate of drug-likeness (QED) is 0.475. The number of hydrogen-bond donors (Lipinski definition) is 2. The summed E-state index contributed by atoms with van der Waals surface area (Å²) in [7, 11) is 0. The van der Waals surface area contributed by atoms with E-state index in [0.29, 0.717) is 5.92 Å². The molecule has 0 aliphatic carbocycles. The van der Waals surface area contributed by atoms with E-state index < -0.39 is 10.8 Å². The molecule has 1 rings (SSSR count). The van der Waals surface area contributed by atoms with E-state index in [0.717, 1.165) is 12.8 Å². The minimum Gasteiger partial charge on any atom is -0.393 e. The molecule has 0 fully saturated rings. The third kappa shape index (κ3) is 4.22. The maximum Gasteiger partial charge on any atom is 0.304 e. The summed E-state index contributed by atoms with van der Waals surface area (Å²) in [6.45, 7) is 6.10. The molecule has 3 N–H and O–H groups in total. The van der Waals surface area contributed by atoms with Gasteiger partial charge in [0, 0.05) is 6.04 Å². The number of rotatable bonds is 6. The average molecular weight is 279 g/mol. The summed E-state index contributed by atoms with van der Waals surface area (Å²) in [4.78, 5) is 22.5. The lowest BCUT2D eigenvalue weighted by molar-refractivity contribution is -0.384. The summed E-state index contributed by atoms with van der Waals surface area (Å²) < 4.78 is 0. The number of benzene rings is 1. The van der Waals surface area contributed by atoms with E-state index in [1.165, 1.54) is 18.2 Å². The van der Waals surface area contributed by atoms with Gasteiger partial charge in [-0.05, 0) is 37.8 Å². The zero-order valence-corrected chi connectivity index (χ0v) is 12.1. The predicted octanol–water partition coefficient (Wildman–Crippen LogP) is 2.73. The van der Waals surface area contributed by atoms with Crippen molar-refractivity contribution in [2.75, 3.05) is 5.73 Å². The van der Waals surface area contributed by atoms with Crippen LogP contribution in [0.3, 0.4) is 0 Å². The fourth-order valence-corrected chi connectivity index (χ4v) is 1.91. The summed E-state index contributed by atoms with van der Waals surface area (Å²) in [6.07, 6.45) is 1.82. The number of nitro groups is 1. The van der Waals surface area contributed by atoms with Crippen LogP contribution < -0.4 is 11.1 Å². The van der Waals surface area contributed by atoms with Gasteiger partial charge in [-0.3, -0.25) is 14.9 Å². The maximum atomic E-state index is 12.1. The second-order valence-electron chi connectivity index (χ2n) is 5.35. The van der Waals surface area contributed by atoms with Crippen molar-refractivity contribution in [2.24, 2.45) is 5.92 Å². The van der Waals surface area contributed by atoms with Crippen LogP contribution >= 0.6 is 0 Å². The first-order valence-electron chi connectivity index (χ1n) is 6.66. The highest BCUT2D eigenvalue weighted by molar-refractivity contribution is 6.00.